The molecule has 1 aliphatic rings. The van der Waals surface area contributed by atoms with Crippen molar-refractivity contribution in [3.63, 3.8) is 0 Å². The molecular formula is C20H26O12. The number of ether oxygens (including phenoxy) is 4. The van der Waals surface area contributed by atoms with Crippen LogP contribution >= 0.6 is 0 Å². The normalized spacial score (nSPS) is 26.6. The van der Waals surface area contributed by atoms with Crippen molar-refractivity contribution in [3.05, 3.63) is 29.8 Å². The molecule has 0 saturated carbocycles. The van der Waals surface area contributed by atoms with Crippen LogP contribution in [0.4, 0.5) is 0 Å². The Labute approximate surface area is 182 Å². The van der Waals surface area contributed by atoms with Crippen molar-refractivity contribution in [1.29, 1.82) is 0 Å². The summed E-state index contributed by atoms with van der Waals surface area (Å²) in [6.07, 6.45) is -6.26. The molecule has 0 bridgehead atoms. The standard InChI is InChI=1S/C20H26O12/c1-10(22)31-14-4-2-11(6-13(14)24)3-5-16(25)29-8-12(23)9-30-20-19(28)18(27)17(26)15(7-21)32-20/h2-6,12,15,17-21,23-24,26-28H,7-9H2,1H3/t12-,15+,17+,18-,19+,20+/m0/s1. The number of esters is 2. The van der Waals surface area contributed by atoms with E-state index in [0.29, 0.717) is 5.56 Å². The lowest BCUT2D eigenvalue weighted by atomic mass is 9.99. The van der Waals surface area contributed by atoms with Gasteiger partial charge in [-0.1, -0.05) is 6.07 Å². The molecule has 0 aromatic heterocycles. The van der Waals surface area contributed by atoms with Crippen molar-refractivity contribution in [2.75, 3.05) is 19.8 Å². The highest BCUT2D eigenvalue weighted by molar-refractivity contribution is 5.87. The molecule has 1 heterocycles. The van der Waals surface area contributed by atoms with Crippen LogP contribution in [-0.2, 0) is 23.8 Å². The maximum atomic E-state index is 11.8. The molecular weight excluding hydrogens is 432 g/mol. The average molecular weight is 458 g/mol. The summed E-state index contributed by atoms with van der Waals surface area (Å²) in [7, 11) is 0. The molecule has 32 heavy (non-hydrogen) atoms. The second kappa shape index (κ2) is 11.9. The van der Waals surface area contributed by atoms with Gasteiger partial charge in [-0.3, -0.25) is 4.79 Å². The van der Waals surface area contributed by atoms with E-state index in [-0.39, 0.29) is 11.5 Å². The minimum atomic E-state index is -1.62. The third-order valence-electron chi connectivity index (χ3n) is 4.37. The Balaban J connectivity index is 1.78. The van der Waals surface area contributed by atoms with Crippen molar-refractivity contribution in [3.8, 4) is 11.5 Å². The molecule has 1 aliphatic heterocycles. The van der Waals surface area contributed by atoms with Crippen LogP contribution in [0.2, 0.25) is 0 Å². The van der Waals surface area contributed by atoms with E-state index >= 15 is 0 Å². The highest BCUT2D eigenvalue weighted by atomic mass is 16.7. The van der Waals surface area contributed by atoms with Crippen LogP contribution in [-0.4, -0.2) is 99.2 Å². The largest absolute Gasteiger partial charge is 0.504 e. The molecule has 6 atom stereocenters. The molecule has 12 nitrogen and oxygen atoms in total. The minimum absolute atomic E-state index is 0.0280. The Bertz CT molecular complexity index is 808. The molecule has 0 radical (unpaired) electrons. The number of phenolic OH excluding ortho intramolecular Hbond substituents is 1. The summed E-state index contributed by atoms with van der Waals surface area (Å²) in [5.41, 5.74) is 0.418. The van der Waals surface area contributed by atoms with E-state index in [0.717, 1.165) is 6.08 Å². The first kappa shape index (κ1) is 25.7. The monoisotopic (exact) mass is 458 g/mol. The number of hydrogen-bond donors (Lipinski definition) is 6. The lowest BCUT2D eigenvalue weighted by Crippen LogP contribution is -2.59. The van der Waals surface area contributed by atoms with Gasteiger partial charge in [-0.05, 0) is 23.8 Å². The smallest absolute Gasteiger partial charge is 0.330 e. The SMILES string of the molecule is CC(=O)Oc1ccc(C=CC(=O)OC[C@H](O)CO[C@@H]2O[C@H](CO)[C@@H](O)[C@H](O)[C@H]2O)cc1O. The van der Waals surface area contributed by atoms with E-state index in [9.17, 15) is 35.1 Å². The van der Waals surface area contributed by atoms with Crippen molar-refractivity contribution < 1.29 is 59.2 Å². The Morgan fingerprint density at radius 1 is 1.16 bits per heavy atom. The van der Waals surface area contributed by atoms with Crippen LogP contribution in [0.3, 0.4) is 0 Å². The molecule has 0 unspecified atom stereocenters. The number of rotatable bonds is 9. The average Bonchev–Trinajstić information content (AvgIpc) is 2.75. The Morgan fingerprint density at radius 2 is 1.88 bits per heavy atom. The zero-order chi connectivity index (χ0) is 23.8. The summed E-state index contributed by atoms with van der Waals surface area (Å²) in [5.74, 6) is -1.72. The van der Waals surface area contributed by atoms with Crippen LogP contribution in [0.25, 0.3) is 6.08 Å². The van der Waals surface area contributed by atoms with Crippen molar-refractivity contribution in [1.82, 2.24) is 0 Å². The van der Waals surface area contributed by atoms with Crippen LogP contribution in [0.15, 0.2) is 24.3 Å². The molecule has 0 amide bonds. The Hall–Kier alpha value is -2.58. The van der Waals surface area contributed by atoms with Crippen LogP contribution in [0, 0.1) is 0 Å². The maximum Gasteiger partial charge on any atom is 0.330 e. The molecule has 1 aromatic rings. The second-order valence-corrected chi connectivity index (χ2v) is 6.97. The van der Waals surface area contributed by atoms with Gasteiger partial charge in [-0.15, -0.1) is 0 Å². The first-order valence-electron chi connectivity index (χ1n) is 9.58. The molecule has 6 N–H and O–H groups in total. The summed E-state index contributed by atoms with van der Waals surface area (Å²) in [4.78, 5) is 22.7. The van der Waals surface area contributed by atoms with Crippen LogP contribution in [0.1, 0.15) is 12.5 Å². The first-order chi connectivity index (χ1) is 15.1. The second-order valence-electron chi connectivity index (χ2n) is 6.97. The van der Waals surface area contributed by atoms with Gasteiger partial charge in [0, 0.05) is 13.0 Å². The molecule has 1 saturated heterocycles. The van der Waals surface area contributed by atoms with Gasteiger partial charge in [0.1, 0.15) is 37.1 Å². The third kappa shape index (κ3) is 7.24. The molecule has 0 spiro atoms. The molecule has 2 rings (SSSR count). The van der Waals surface area contributed by atoms with Crippen molar-refractivity contribution >= 4 is 18.0 Å². The zero-order valence-electron chi connectivity index (χ0n) is 17.1. The number of aromatic hydroxyl groups is 1. The summed E-state index contributed by atoms with van der Waals surface area (Å²) in [5, 5.41) is 58.0. The summed E-state index contributed by atoms with van der Waals surface area (Å²) < 4.78 is 19.9. The molecule has 12 heteroatoms. The van der Waals surface area contributed by atoms with Crippen molar-refractivity contribution in [2.24, 2.45) is 0 Å². The fourth-order valence-electron chi connectivity index (χ4n) is 2.73. The fraction of sp³-hybridized carbons (Fsp3) is 0.500. The number of aliphatic hydroxyl groups is 5. The lowest BCUT2D eigenvalue weighted by Gasteiger charge is -2.39. The number of benzene rings is 1. The molecule has 1 fully saturated rings. The zero-order valence-corrected chi connectivity index (χ0v) is 17.1. The number of hydrogen-bond acceptors (Lipinski definition) is 12. The van der Waals surface area contributed by atoms with Gasteiger partial charge in [-0.25, -0.2) is 4.79 Å². The predicted molar refractivity (Wildman–Crippen MR) is 105 cm³/mol. The predicted octanol–water partition coefficient (Wildman–Crippen LogP) is -1.95. The highest BCUT2D eigenvalue weighted by Gasteiger charge is 2.44. The summed E-state index contributed by atoms with van der Waals surface area (Å²) in [6.45, 7) is -0.337. The number of phenols is 1. The number of carbonyl (C=O) groups is 2. The van der Waals surface area contributed by atoms with E-state index in [4.69, 9.17) is 24.1 Å². The van der Waals surface area contributed by atoms with Gasteiger partial charge in [0.2, 0.25) is 0 Å². The lowest BCUT2D eigenvalue weighted by molar-refractivity contribution is -0.304. The molecule has 0 aliphatic carbocycles. The summed E-state index contributed by atoms with van der Waals surface area (Å²) >= 11 is 0. The van der Waals surface area contributed by atoms with Crippen molar-refractivity contribution in [2.45, 2.75) is 43.7 Å². The van der Waals surface area contributed by atoms with Crippen LogP contribution < -0.4 is 4.74 Å². The fourth-order valence-corrected chi connectivity index (χ4v) is 2.73. The number of aliphatic hydroxyl groups excluding tert-OH is 5. The summed E-state index contributed by atoms with van der Waals surface area (Å²) in [6, 6.07) is 4.11. The van der Waals surface area contributed by atoms with Gasteiger partial charge in [0.15, 0.2) is 17.8 Å². The van der Waals surface area contributed by atoms with E-state index in [1.54, 1.807) is 0 Å². The van der Waals surface area contributed by atoms with E-state index in [1.807, 2.05) is 0 Å². The Kier molecular flexibility index (Phi) is 9.53. The first-order valence-corrected chi connectivity index (χ1v) is 9.58. The van der Waals surface area contributed by atoms with E-state index in [2.05, 4.69) is 0 Å². The topological polar surface area (TPSA) is 192 Å². The maximum absolute atomic E-state index is 11.8. The van der Waals surface area contributed by atoms with Gasteiger partial charge in [-0.2, -0.15) is 0 Å². The van der Waals surface area contributed by atoms with Gasteiger partial charge in [0.05, 0.1) is 13.2 Å². The highest BCUT2D eigenvalue weighted by Crippen LogP contribution is 2.27. The van der Waals surface area contributed by atoms with Crippen LogP contribution in [0.5, 0.6) is 11.5 Å². The number of carbonyl (C=O) groups excluding carboxylic acids is 2. The van der Waals surface area contributed by atoms with Gasteiger partial charge >= 0.3 is 11.9 Å². The molecule has 178 valence electrons. The quantitative estimate of drug-likeness (QED) is 0.136. The van der Waals surface area contributed by atoms with E-state index in [1.165, 1.54) is 31.2 Å². The van der Waals surface area contributed by atoms with Gasteiger partial charge in [0.25, 0.3) is 0 Å². The van der Waals surface area contributed by atoms with E-state index < -0.39 is 68.6 Å². The third-order valence-corrected chi connectivity index (χ3v) is 4.37. The molecule has 1 aromatic carbocycles. The van der Waals surface area contributed by atoms with Gasteiger partial charge < -0.3 is 49.6 Å². The Morgan fingerprint density at radius 3 is 2.50 bits per heavy atom. The minimum Gasteiger partial charge on any atom is -0.504 e.